The van der Waals surface area contributed by atoms with Gasteiger partial charge in [-0.3, -0.25) is 29.7 Å². The van der Waals surface area contributed by atoms with Crippen LogP contribution in [0.5, 0.6) is 0 Å². The van der Waals surface area contributed by atoms with Crippen LogP contribution in [-0.2, 0) is 30.4 Å². The Kier molecular flexibility index (Phi) is 16.1. The van der Waals surface area contributed by atoms with Gasteiger partial charge in [0, 0.05) is 18.5 Å². The number of aliphatic carboxylic acids is 1. The van der Waals surface area contributed by atoms with Crippen LogP contribution < -0.4 is 27.4 Å². The third-order valence-corrected chi connectivity index (χ3v) is 7.60. The highest BCUT2D eigenvalue weighted by Gasteiger charge is 2.44. The lowest BCUT2D eigenvalue weighted by molar-refractivity contribution is -0.209. The maximum Gasteiger partial charge on any atom is 0.303 e. The van der Waals surface area contributed by atoms with Crippen LogP contribution in [0.4, 0.5) is 5.69 Å². The molecule has 0 saturated carbocycles. The first kappa shape index (κ1) is 41.6. The average molecular weight is 668 g/mol. The smallest absolute Gasteiger partial charge is 0.303 e. The van der Waals surface area contributed by atoms with Crippen LogP contribution in [0.2, 0.25) is 0 Å². The minimum atomic E-state index is -3.18. The Labute approximate surface area is 275 Å². The highest BCUT2D eigenvalue weighted by molar-refractivity contribution is 5.97. The molecule has 0 saturated heterocycles. The zero-order valence-corrected chi connectivity index (χ0v) is 28.0. The van der Waals surface area contributed by atoms with Gasteiger partial charge in [-0.1, -0.05) is 59.7 Å². The van der Waals surface area contributed by atoms with Crippen molar-refractivity contribution in [3.05, 3.63) is 29.8 Å². The van der Waals surface area contributed by atoms with Crippen LogP contribution in [0.3, 0.4) is 0 Å². The molecule has 3 amide bonds. The summed E-state index contributed by atoms with van der Waals surface area (Å²) in [6.45, 7) is 10.7. The topological polar surface area (TPSA) is 275 Å². The largest absolute Gasteiger partial charge is 0.481 e. The maximum absolute atomic E-state index is 13.7. The summed E-state index contributed by atoms with van der Waals surface area (Å²) >= 11 is 0. The van der Waals surface area contributed by atoms with Crippen molar-refractivity contribution in [1.29, 1.82) is 0 Å². The van der Waals surface area contributed by atoms with Gasteiger partial charge in [0.15, 0.2) is 5.78 Å². The van der Waals surface area contributed by atoms with Gasteiger partial charge in [-0.15, -0.1) is 0 Å². The zero-order chi connectivity index (χ0) is 36.3. The molecule has 0 heterocycles. The van der Waals surface area contributed by atoms with Gasteiger partial charge in [0.25, 0.3) is 5.91 Å². The van der Waals surface area contributed by atoms with E-state index < -0.39 is 78.1 Å². The molecule has 0 fully saturated rings. The molecule has 1 rings (SSSR count). The normalized spacial score (nSPS) is 14.8. The van der Waals surface area contributed by atoms with E-state index in [1.54, 1.807) is 45.9 Å². The number of amides is 3. The number of nitrogens with two attached hydrogens (primary N) is 2. The molecule has 0 radical (unpaired) electrons. The Bertz CT molecular complexity index is 1230. The van der Waals surface area contributed by atoms with Gasteiger partial charge < -0.3 is 47.2 Å². The van der Waals surface area contributed by atoms with E-state index in [2.05, 4.69) is 16.0 Å². The van der Waals surface area contributed by atoms with Gasteiger partial charge >= 0.3 is 5.97 Å². The predicted molar refractivity (Wildman–Crippen MR) is 173 cm³/mol. The zero-order valence-electron chi connectivity index (χ0n) is 28.0. The van der Waals surface area contributed by atoms with Crippen molar-refractivity contribution in [3.63, 3.8) is 0 Å². The van der Waals surface area contributed by atoms with Crippen LogP contribution in [-0.4, -0.2) is 84.8 Å². The number of carboxylic acids is 1. The molecule has 1 aromatic rings. The fourth-order valence-electron chi connectivity index (χ4n) is 4.85. The summed E-state index contributed by atoms with van der Waals surface area (Å²) in [7, 11) is 0. The number of aryl methyl sites for hydroxylation is 1. The summed E-state index contributed by atoms with van der Waals surface area (Å²) in [5, 5.41) is 58.5. The number of carbonyl (C=O) groups excluding carboxylic acids is 4. The third kappa shape index (κ3) is 14.0. The Balaban J connectivity index is 3.21. The molecule has 0 spiro atoms. The highest BCUT2D eigenvalue weighted by atomic mass is 16.5. The molecule has 12 N–H and O–H groups in total. The number of carbonyl (C=O) groups is 5. The lowest BCUT2D eigenvalue weighted by atomic mass is 9.85. The minimum absolute atomic E-state index is 0.0298. The van der Waals surface area contributed by atoms with E-state index in [0.29, 0.717) is 5.56 Å². The summed E-state index contributed by atoms with van der Waals surface area (Å²) in [6, 6.07) is 2.88. The predicted octanol–water partition coefficient (Wildman–Crippen LogP) is -0.0691. The minimum Gasteiger partial charge on any atom is -0.481 e. The molecular formula is C32H53N5O10. The molecule has 0 bridgehead atoms. The molecule has 0 aromatic heterocycles. The molecule has 1 aromatic carbocycles. The van der Waals surface area contributed by atoms with E-state index in [1.165, 1.54) is 6.07 Å². The SMILES string of the molecule is CC(C)C[C@H](NC(=O)[C@@H](N)C(C)C)C(=O)N[C@@H](CC(C)C)C(=O)C(CCC(O)(O)C(=O)Nc1ccccc1CCC(=O)O)C(N)(O)O. The Hall–Kier alpha value is -3.47. The highest BCUT2D eigenvalue weighted by Crippen LogP contribution is 2.26. The molecule has 0 aliphatic heterocycles. The number of benzene rings is 1. The van der Waals surface area contributed by atoms with E-state index in [1.807, 2.05) is 13.8 Å². The number of rotatable bonds is 20. The number of hydrogen-bond donors (Lipinski definition) is 10. The number of hydrogen-bond acceptors (Lipinski definition) is 11. The van der Waals surface area contributed by atoms with E-state index in [-0.39, 0.29) is 49.1 Å². The Morgan fingerprint density at radius 2 is 1.36 bits per heavy atom. The number of aliphatic hydroxyl groups is 4. The number of carboxylic acid groups (broad SMARTS) is 1. The second-order valence-electron chi connectivity index (χ2n) is 13.2. The standard InChI is InChI=1S/C32H53N5O10/c1-17(2)15-23(35-28(41)24(16-18(3)4)36-29(42)26(33)19(5)6)27(40)21(32(34,46)47)13-14-31(44,45)30(43)37-22-10-8-7-9-20(22)11-12-25(38)39/h7-10,17-19,21,23-24,26,44-47H,11-16,33-34H2,1-6H3,(H,35,41)(H,36,42)(H,37,43)(H,38,39)/t21?,23-,24-,26-/m0/s1. The summed E-state index contributed by atoms with van der Waals surface area (Å²) in [4.78, 5) is 63.7. The summed E-state index contributed by atoms with van der Waals surface area (Å²) in [5.41, 5.74) is 12.0. The summed E-state index contributed by atoms with van der Waals surface area (Å²) in [5.74, 6) is -13.2. The van der Waals surface area contributed by atoms with Gasteiger partial charge in [-0.05, 0) is 55.1 Å². The fourth-order valence-corrected chi connectivity index (χ4v) is 4.85. The summed E-state index contributed by atoms with van der Waals surface area (Å²) in [6.07, 6.45) is -1.54. The number of Topliss-reactive ketones (excluding diaryl/α,β-unsaturated/α-hetero) is 1. The first-order chi connectivity index (χ1) is 21.6. The number of anilines is 1. The van der Waals surface area contributed by atoms with Crippen LogP contribution >= 0.6 is 0 Å². The van der Waals surface area contributed by atoms with Crippen LogP contribution in [0.25, 0.3) is 0 Å². The molecule has 0 aliphatic rings. The van der Waals surface area contributed by atoms with Crippen molar-refractivity contribution in [2.24, 2.45) is 35.1 Å². The second-order valence-corrected chi connectivity index (χ2v) is 13.2. The van der Waals surface area contributed by atoms with Crippen LogP contribution in [0, 0.1) is 23.7 Å². The molecule has 15 nitrogen and oxygen atoms in total. The lowest BCUT2D eigenvalue weighted by Gasteiger charge is -2.33. The fraction of sp³-hybridized carbons (Fsp3) is 0.656. The first-order valence-electron chi connectivity index (χ1n) is 15.8. The Morgan fingerprint density at radius 1 is 0.830 bits per heavy atom. The van der Waals surface area contributed by atoms with Gasteiger partial charge in [0.2, 0.25) is 23.5 Å². The Morgan fingerprint density at radius 3 is 1.87 bits per heavy atom. The lowest BCUT2D eigenvalue weighted by Crippen LogP contribution is -2.59. The van der Waals surface area contributed by atoms with Crippen molar-refractivity contribution in [2.75, 3.05) is 5.32 Å². The van der Waals surface area contributed by atoms with Crippen molar-refractivity contribution in [2.45, 2.75) is 110 Å². The number of nitrogens with one attached hydrogen (secondary N) is 3. The molecule has 4 atom stereocenters. The average Bonchev–Trinajstić information content (AvgIpc) is 2.93. The number of para-hydroxylation sites is 1. The third-order valence-electron chi connectivity index (χ3n) is 7.60. The van der Waals surface area contributed by atoms with Crippen molar-refractivity contribution < 1.29 is 49.5 Å². The molecule has 47 heavy (non-hydrogen) atoms. The molecular weight excluding hydrogens is 614 g/mol. The van der Waals surface area contributed by atoms with Crippen LogP contribution in [0.15, 0.2) is 24.3 Å². The molecule has 0 aliphatic carbocycles. The van der Waals surface area contributed by atoms with Crippen LogP contribution in [0.1, 0.15) is 79.2 Å². The maximum atomic E-state index is 13.7. The van der Waals surface area contributed by atoms with Crippen molar-refractivity contribution >= 4 is 35.2 Å². The van der Waals surface area contributed by atoms with Gasteiger partial charge in [0.1, 0.15) is 6.04 Å². The van der Waals surface area contributed by atoms with Gasteiger partial charge in [-0.25, -0.2) is 0 Å². The molecule has 1 unspecified atom stereocenters. The monoisotopic (exact) mass is 667 g/mol. The van der Waals surface area contributed by atoms with E-state index >= 15 is 0 Å². The quantitative estimate of drug-likeness (QED) is 0.0819. The van der Waals surface area contributed by atoms with Gasteiger partial charge in [-0.2, -0.15) is 0 Å². The van der Waals surface area contributed by atoms with Gasteiger partial charge in [0.05, 0.1) is 18.0 Å². The van der Waals surface area contributed by atoms with E-state index in [4.69, 9.17) is 16.6 Å². The number of ketones is 1. The van der Waals surface area contributed by atoms with Crippen molar-refractivity contribution in [1.82, 2.24) is 10.6 Å². The van der Waals surface area contributed by atoms with Crippen molar-refractivity contribution in [3.8, 4) is 0 Å². The molecule has 266 valence electrons. The van der Waals surface area contributed by atoms with E-state index in [0.717, 1.165) is 0 Å². The summed E-state index contributed by atoms with van der Waals surface area (Å²) < 4.78 is 0. The van der Waals surface area contributed by atoms with E-state index in [9.17, 15) is 44.4 Å². The second kappa shape index (κ2) is 18.2. The first-order valence-corrected chi connectivity index (χ1v) is 15.8. The molecule has 15 heteroatoms.